The monoisotopic (exact) mass is 404 g/mol. The molecule has 0 aliphatic rings. The van der Waals surface area contributed by atoms with Crippen molar-refractivity contribution >= 4 is 22.6 Å². The van der Waals surface area contributed by atoms with Crippen molar-refractivity contribution < 1.29 is 23.2 Å². The zero-order chi connectivity index (χ0) is 20.8. The molecular formula is C23H20N2O5. The van der Waals surface area contributed by atoms with Gasteiger partial charge in [-0.2, -0.15) is 0 Å². The molecule has 2 aromatic carbocycles. The molecule has 0 spiro atoms. The van der Waals surface area contributed by atoms with E-state index in [1.54, 1.807) is 24.3 Å². The fourth-order valence-electron chi connectivity index (χ4n) is 2.92. The zero-order valence-electron chi connectivity index (χ0n) is 16.1. The van der Waals surface area contributed by atoms with E-state index in [-0.39, 0.29) is 43.0 Å². The molecule has 4 rings (SSSR count). The van der Waals surface area contributed by atoms with Crippen LogP contribution in [0.3, 0.4) is 0 Å². The molecule has 2 N–H and O–H groups in total. The summed E-state index contributed by atoms with van der Waals surface area (Å²) in [7, 11) is 0. The maximum Gasteiger partial charge on any atom is 0.287 e. The number of carbonyl (C=O) groups excluding carboxylic acids is 2. The number of hydrogen-bond acceptors (Lipinski definition) is 5. The van der Waals surface area contributed by atoms with Crippen LogP contribution in [-0.4, -0.2) is 24.9 Å². The van der Waals surface area contributed by atoms with E-state index in [0.29, 0.717) is 5.76 Å². The van der Waals surface area contributed by atoms with E-state index in [9.17, 15) is 9.59 Å². The number of hydrogen-bond donors (Lipinski definition) is 2. The summed E-state index contributed by atoms with van der Waals surface area (Å²) < 4.78 is 16.3. The minimum Gasteiger partial charge on any atom is -0.486 e. The van der Waals surface area contributed by atoms with Crippen molar-refractivity contribution in [3.05, 3.63) is 90.3 Å². The predicted molar refractivity (Wildman–Crippen MR) is 110 cm³/mol. The highest BCUT2D eigenvalue weighted by Gasteiger charge is 2.12. The Morgan fingerprint density at radius 3 is 2.33 bits per heavy atom. The maximum atomic E-state index is 12.2. The summed E-state index contributed by atoms with van der Waals surface area (Å²) in [5.41, 5.74) is 0. The van der Waals surface area contributed by atoms with E-state index < -0.39 is 0 Å². The highest BCUT2D eigenvalue weighted by atomic mass is 16.5. The number of amides is 2. The molecule has 4 aromatic rings. The first-order valence-electron chi connectivity index (χ1n) is 9.49. The molecule has 30 heavy (non-hydrogen) atoms. The summed E-state index contributed by atoms with van der Waals surface area (Å²) in [5, 5.41) is 7.57. The molecule has 0 bridgehead atoms. The molecule has 7 heteroatoms. The molecule has 0 atom stereocenters. The molecule has 2 amide bonds. The molecule has 0 saturated carbocycles. The summed E-state index contributed by atoms with van der Waals surface area (Å²) in [6, 6.07) is 20.4. The fourth-order valence-corrected chi connectivity index (χ4v) is 2.92. The van der Waals surface area contributed by atoms with Gasteiger partial charge in [0, 0.05) is 13.1 Å². The third-order valence-electron chi connectivity index (χ3n) is 4.43. The summed E-state index contributed by atoms with van der Waals surface area (Å²) in [6.07, 6.45) is 1.43. The van der Waals surface area contributed by atoms with Crippen LogP contribution in [0.2, 0.25) is 0 Å². The maximum absolute atomic E-state index is 12.2. The Hall–Kier alpha value is -4.00. The quantitative estimate of drug-likeness (QED) is 0.436. The summed E-state index contributed by atoms with van der Waals surface area (Å²) in [6.45, 7) is 0.740. The molecule has 7 nitrogen and oxygen atoms in total. The van der Waals surface area contributed by atoms with Crippen LogP contribution in [0, 0.1) is 0 Å². The Balaban J connectivity index is 1.23. The molecule has 0 aliphatic carbocycles. The third kappa shape index (κ3) is 4.70. The van der Waals surface area contributed by atoms with Crippen LogP contribution in [-0.2, 0) is 6.61 Å². The van der Waals surface area contributed by atoms with Crippen molar-refractivity contribution in [2.45, 2.75) is 6.61 Å². The average molecular weight is 404 g/mol. The molecule has 152 valence electrons. The smallest absolute Gasteiger partial charge is 0.287 e. The second-order valence-electron chi connectivity index (χ2n) is 6.55. The number of carbonyl (C=O) groups is 2. The Bertz CT molecular complexity index is 1150. The van der Waals surface area contributed by atoms with E-state index in [2.05, 4.69) is 10.6 Å². The van der Waals surface area contributed by atoms with Gasteiger partial charge in [0.2, 0.25) is 0 Å². The number of ether oxygens (including phenoxy) is 1. The van der Waals surface area contributed by atoms with Gasteiger partial charge in [-0.25, -0.2) is 0 Å². The molecule has 2 aromatic heterocycles. The lowest BCUT2D eigenvalue weighted by Gasteiger charge is -2.06. The van der Waals surface area contributed by atoms with Crippen molar-refractivity contribution in [3.8, 4) is 5.75 Å². The van der Waals surface area contributed by atoms with Crippen LogP contribution in [0.5, 0.6) is 5.75 Å². The van der Waals surface area contributed by atoms with Gasteiger partial charge in [0.05, 0.1) is 6.26 Å². The van der Waals surface area contributed by atoms with E-state index in [1.165, 1.54) is 6.26 Å². The number of rotatable bonds is 8. The first kappa shape index (κ1) is 19.3. The molecule has 2 heterocycles. The second kappa shape index (κ2) is 9.00. The molecule has 0 fully saturated rings. The molecule has 0 radical (unpaired) electrons. The topological polar surface area (TPSA) is 93.7 Å². The van der Waals surface area contributed by atoms with E-state index in [0.717, 1.165) is 16.5 Å². The SMILES string of the molecule is O=C(NCCNC(=O)c1ccc(COc2ccc3ccccc3c2)o1)c1ccco1. The molecule has 0 saturated heterocycles. The van der Waals surface area contributed by atoms with Gasteiger partial charge in [0.25, 0.3) is 11.8 Å². The number of furan rings is 2. The largest absolute Gasteiger partial charge is 0.486 e. The lowest BCUT2D eigenvalue weighted by atomic mass is 10.1. The zero-order valence-corrected chi connectivity index (χ0v) is 16.1. The number of benzene rings is 2. The van der Waals surface area contributed by atoms with E-state index >= 15 is 0 Å². The lowest BCUT2D eigenvalue weighted by molar-refractivity contribution is 0.0898. The predicted octanol–water partition coefficient (Wildman–Crippen LogP) is 3.76. The van der Waals surface area contributed by atoms with Gasteiger partial charge in [-0.15, -0.1) is 0 Å². The highest BCUT2D eigenvalue weighted by Crippen LogP contribution is 2.21. The van der Waals surface area contributed by atoms with Crippen LogP contribution >= 0.6 is 0 Å². The molecule has 0 unspecified atom stereocenters. The van der Waals surface area contributed by atoms with Crippen molar-refractivity contribution in [2.24, 2.45) is 0 Å². The minimum atomic E-state index is -0.362. The van der Waals surface area contributed by atoms with Gasteiger partial charge in [0.1, 0.15) is 18.1 Å². The Labute approximate surface area is 172 Å². The third-order valence-corrected chi connectivity index (χ3v) is 4.43. The highest BCUT2D eigenvalue weighted by molar-refractivity contribution is 5.92. The van der Waals surface area contributed by atoms with E-state index in [1.807, 2.05) is 42.5 Å². The Morgan fingerprint density at radius 2 is 1.57 bits per heavy atom. The van der Waals surface area contributed by atoms with Gasteiger partial charge in [-0.1, -0.05) is 30.3 Å². The van der Waals surface area contributed by atoms with Gasteiger partial charge >= 0.3 is 0 Å². The van der Waals surface area contributed by atoms with Crippen molar-refractivity contribution in [2.75, 3.05) is 13.1 Å². The summed E-state index contributed by atoms with van der Waals surface area (Å²) in [4.78, 5) is 23.9. The molecular weight excluding hydrogens is 384 g/mol. The van der Waals surface area contributed by atoms with Crippen LogP contribution in [0.15, 0.2) is 81.8 Å². The van der Waals surface area contributed by atoms with Crippen LogP contribution in [0.25, 0.3) is 10.8 Å². The standard InChI is InChI=1S/C23H20N2O5/c26-22(20-6-3-13-28-20)24-11-12-25-23(27)21-10-9-19(30-21)15-29-18-8-7-16-4-1-2-5-17(16)14-18/h1-10,13-14H,11-12,15H2,(H,24,26)(H,25,27). The number of nitrogens with one attached hydrogen (secondary N) is 2. The van der Waals surface area contributed by atoms with Crippen molar-refractivity contribution in [1.29, 1.82) is 0 Å². The molecule has 0 aliphatic heterocycles. The van der Waals surface area contributed by atoms with Gasteiger partial charge < -0.3 is 24.2 Å². The normalized spacial score (nSPS) is 10.7. The second-order valence-corrected chi connectivity index (χ2v) is 6.55. The minimum absolute atomic E-state index is 0.185. The van der Waals surface area contributed by atoms with E-state index in [4.69, 9.17) is 13.6 Å². The van der Waals surface area contributed by atoms with Crippen molar-refractivity contribution in [3.63, 3.8) is 0 Å². The lowest BCUT2D eigenvalue weighted by Crippen LogP contribution is -2.34. The summed E-state index contributed by atoms with van der Waals surface area (Å²) >= 11 is 0. The van der Waals surface area contributed by atoms with Gasteiger partial charge in [0.15, 0.2) is 11.5 Å². The van der Waals surface area contributed by atoms with Crippen LogP contribution in [0.4, 0.5) is 0 Å². The van der Waals surface area contributed by atoms with Crippen molar-refractivity contribution in [1.82, 2.24) is 10.6 Å². The number of fused-ring (bicyclic) bond motifs is 1. The average Bonchev–Trinajstić information content (AvgIpc) is 3.47. The Kier molecular flexibility index (Phi) is 5.80. The fraction of sp³-hybridized carbons (Fsp3) is 0.130. The first-order valence-corrected chi connectivity index (χ1v) is 9.49. The Morgan fingerprint density at radius 1 is 0.800 bits per heavy atom. The first-order chi connectivity index (χ1) is 14.7. The van der Waals surface area contributed by atoms with Crippen LogP contribution in [0.1, 0.15) is 26.9 Å². The van der Waals surface area contributed by atoms with Gasteiger partial charge in [-0.05, 0) is 47.2 Å². The van der Waals surface area contributed by atoms with Gasteiger partial charge in [-0.3, -0.25) is 9.59 Å². The summed E-state index contributed by atoms with van der Waals surface area (Å²) in [5.74, 6) is 0.982. The van der Waals surface area contributed by atoms with Crippen LogP contribution < -0.4 is 15.4 Å².